The Kier molecular flexibility index (Phi) is 7.77. The fraction of sp³-hybridized carbons (Fsp3) is 0.480. The van der Waals surface area contributed by atoms with Crippen LogP contribution in [0.2, 0.25) is 0 Å². The van der Waals surface area contributed by atoms with E-state index in [2.05, 4.69) is 11.8 Å². The number of rotatable bonds is 7. The molecule has 3 rings (SSSR count). The van der Waals surface area contributed by atoms with Crippen molar-refractivity contribution in [2.75, 3.05) is 43.0 Å². The van der Waals surface area contributed by atoms with E-state index in [1.807, 2.05) is 44.2 Å². The summed E-state index contributed by atoms with van der Waals surface area (Å²) in [7, 11) is 1.78. The Bertz CT molecular complexity index is 860. The third kappa shape index (κ3) is 5.90. The van der Waals surface area contributed by atoms with Crippen molar-refractivity contribution in [1.82, 2.24) is 4.90 Å². The summed E-state index contributed by atoms with van der Waals surface area (Å²) in [5.41, 5.74) is 2.67. The van der Waals surface area contributed by atoms with E-state index in [-0.39, 0.29) is 11.8 Å². The number of hydrogen-bond acceptors (Lipinski definition) is 3. The first-order valence-electron chi connectivity index (χ1n) is 11.2. The number of ether oxygens (including phenoxy) is 1. The molecular formula is C25H34FN3O2. The lowest BCUT2D eigenvalue weighted by Gasteiger charge is -2.32. The SMILES string of the molecule is CCN(CC)C(=O)N(C)c1ccc(COc2cc(F)cc(N3CCC(C)CC3)c2)cc1. The number of anilines is 2. The third-order valence-electron chi connectivity index (χ3n) is 6.05. The Morgan fingerprint density at radius 3 is 2.35 bits per heavy atom. The number of amides is 2. The fourth-order valence-corrected chi connectivity index (χ4v) is 3.88. The molecule has 1 aliphatic rings. The maximum absolute atomic E-state index is 14.2. The number of piperidine rings is 1. The minimum atomic E-state index is -0.280. The van der Waals surface area contributed by atoms with Crippen LogP contribution in [-0.4, -0.2) is 44.2 Å². The second-order valence-electron chi connectivity index (χ2n) is 8.28. The predicted octanol–water partition coefficient (Wildman–Crippen LogP) is 5.54. The molecule has 0 atom stereocenters. The molecule has 1 aliphatic heterocycles. The number of hydrogen-bond donors (Lipinski definition) is 0. The Labute approximate surface area is 185 Å². The molecule has 0 radical (unpaired) electrons. The van der Waals surface area contributed by atoms with Crippen LogP contribution in [0.15, 0.2) is 42.5 Å². The standard InChI is InChI=1S/C25H34FN3O2/c1-5-28(6-2)25(30)27(4)22-9-7-20(8-10-22)18-31-24-16-21(26)15-23(17-24)29-13-11-19(3)12-14-29/h7-10,15-17,19H,5-6,11-14,18H2,1-4H3. The zero-order chi connectivity index (χ0) is 22.4. The highest BCUT2D eigenvalue weighted by Crippen LogP contribution is 2.28. The van der Waals surface area contributed by atoms with Crippen LogP contribution in [0.5, 0.6) is 5.75 Å². The molecule has 1 fully saturated rings. The van der Waals surface area contributed by atoms with Crippen LogP contribution in [0.25, 0.3) is 0 Å². The van der Waals surface area contributed by atoms with Gasteiger partial charge < -0.3 is 14.5 Å². The molecular weight excluding hydrogens is 393 g/mol. The van der Waals surface area contributed by atoms with Crippen molar-refractivity contribution in [3.63, 3.8) is 0 Å². The summed E-state index contributed by atoms with van der Waals surface area (Å²) in [6.07, 6.45) is 2.26. The summed E-state index contributed by atoms with van der Waals surface area (Å²) >= 11 is 0. The average Bonchev–Trinajstić information content (AvgIpc) is 2.78. The van der Waals surface area contributed by atoms with E-state index in [1.165, 1.54) is 6.07 Å². The van der Waals surface area contributed by atoms with E-state index >= 15 is 0 Å². The second kappa shape index (κ2) is 10.5. The van der Waals surface area contributed by atoms with Gasteiger partial charge in [0.05, 0.1) is 0 Å². The van der Waals surface area contributed by atoms with E-state index in [0.29, 0.717) is 25.4 Å². The van der Waals surface area contributed by atoms with Crippen molar-refractivity contribution in [3.8, 4) is 5.75 Å². The van der Waals surface area contributed by atoms with Gasteiger partial charge in [0.25, 0.3) is 0 Å². The molecule has 5 nitrogen and oxygen atoms in total. The molecule has 2 aromatic rings. The van der Waals surface area contributed by atoms with Crippen molar-refractivity contribution >= 4 is 17.4 Å². The van der Waals surface area contributed by atoms with E-state index in [1.54, 1.807) is 22.9 Å². The van der Waals surface area contributed by atoms with Crippen LogP contribution in [0, 0.1) is 11.7 Å². The number of urea groups is 1. The van der Waals surface area contributed by atoms with Gasteiger partial charge in [-0.2, -0.15) is 0 Å². The van der Waals surface area contributed by atoms with Gasteiger partial charge in [0, 0.05) is 56.7 Å². The maximum atomic E-state index is 14.2. The number of carbonyl (C=O) groups excluding carboxylic acids is 1. The summed E-state index contributed by atoms with van der Waals surface area (Å²) in [4.78, 5) is 18.2. The van der Waals surface area contributed by atoms with Crippen LogP contribution in [-0.2, 0) is 6.61 Å². The quantitative estimate of drug-likeness (QED) is 0.582. The van der Waals surface area contributed by atoms with Crippen LogP contribution in [0.4, 0.5) is 20.6 Å². The van der Waals surface area contributed by atoms with Gasteiger partial charge in [-0.3, -0.25) is 4.90 Å². The highest BCUT2D eigenvalue weighted by Gasteiger charge is 2.18. The molecule has 31 heavy (non-hydrogen) atoms. The van der Waals surface area contributed by atoms with Crippen molar-refractivity contribution in [2.45, 2.75) is 40.2 Å². The van der Waals surface area contributed by atoms with Gasteiger partial charge in [-0.05, 0) is 56.4 Å². The molecule has 0 N–H and O–H groups in total. The number of benzene rings is 2. The molecule has 0 aliphatic carbocycles. The van der Waals surface area contributed by atoms with Crippen molar-refractivity contribution in [2.24, 2.45) is 5.92 Å². The highest BCUT2D eigenvalue weighted by molar-refractivity contribution is 5.91. The molecule has 1 heterocycles. The lowest BCUT2D eigenvalue weighted by atomic mass is 9.99. The number of nitrogens with zero attached hydrogens (tertiary/aromatic N) is 3. The fourth-order valence-electron chi connectivity index (χ4n) is 3.88. The first-order valence-corrected chi connectivity index (χ1v) is 11.2. The second-order valence-corrected chi connectivity index (χ2v) is 8.28. The van der Waals surface area contributed by atoms with Crippen LogP contribution in [0.1, 0.15) is 39.2 Å². The predicted molar refractivity (Wildman–Crippen MR) is 125 cm³/mol. The van der Waals surface area contributed by atoms with Crippen LogP contribution >= 0.6 is 0 Å². The van der Waals surface area contributed by atoms with Gasteiger partial charge in [-0.1, -0.05) is 19.1 Å². The van der Waals surface area contributed by atoms with Gasteiger partial charge in [-0.25, -0.2) is 9.18 Å². The number of carbonyl (C=O) groups is 1. The summed E-state index contributed by atoms with van der Waals surface area (Å²) in [6.45, 7) is 9.80. The van der Waals surface area contributed by atoms with Gasteiger partial charge >= 0.3 is 6.03 Å². The smallest absolute Gasteiger partial charge is 0.324 e. The maximum Gasteiger partial charge on any atom is 0.324 e. The zero-order valence-electron chi connectivity index (χ0n) is 19.1. The molecule has 2 aromatic carbocycles. The zero-order valence-corrected chi connectivity index (χ0v) is 19.1. The Hall–Kier alpha value is -2.76. The molecule has 0 spiro atoms. The van der Waals surface area contributed by atoms with Gasteiger partial charge in [-0.15, -0.1) is 0 Å². The van der Waals surface area contributed by atoms with Crippen molar-refractivity contribution < 1.29 is 13.9 Å². The lowest BCUT2D eigenvalue weighted by Crippen LogP contribution is -2.41. The molecule has 0 aromatic heterocycles. The van der Waals surface area contributed by atoms with E-state index in [4.69, 9.17) is 4.74 Å². The van der Waals surface area contributed by atoms with Gasteiger partial charge in [0.1, 0.15) is 18.2 Å². The normalized spacial score (nSPS) is 14.4. The Morgan fingerprint density at radius 1 is 1.10 bits per heavy atom. The summed E-state index contributed by atoms with van der Waals surface area (Å²) in [5, 5.41) is 0. The Morgan fingerprint density at radius 2 is 1.74 bits per heavy atom. The molecule has 1 saturated heterocycles. The minimum absolute atomic E-state index is 0.0200. The number of halogens is 1. The third-order valence-corrected chi connectivity index (χ3v) is 6.05. The van der Waals surface area contributed by atoms with E-state index in [0.717, 1.165) is 48.8 Å². The van der Waals surface area contributed by atoms with Crippen LogP contribution in [0.3, 0.4) is 0 Å². The van der Waals surface area contributed by atoms with Crippen molar-refractivity contribution in [3.05, 3.63) is 53.8 Å². The average molecular weight is 428 g/mol. The van der Waals surface area contributed by atoms with Crippen LogP contribution < -0.4 is 14.5 Å². The summed E-state index contributed by atoms with van der Waals surface area (Å²) in [6, 6.07) is 12.6. The summed E-state index contributed by atoms with van der Waals surface area (Å²) in [5.74, 6) is 0.981. The van der Waals surface area contributed by atoms with Gasteiger partial charge in [0.2, 0.25) is 0 Å². The monoisotopic (exact) mass is 427 g/mol. The lowest BCUT2D eigenvalue weighted by molar-refractivity contribution is 0.211. The van der Waals surface area contributed by atoms with Crippen molar-refractivity contribution in [1.29, 1.82) is 0 Å². The first-order chi connectivity index (χ1) is 14.9. The topological polar surface area (TPSA) is 36.0 Å². The molecule has 2 amide bonds. The molecule has 0 saturated carbocycles. The summed E-state index contributed by atoms with van der Waals surface area (Å²) < 4.78 is 20.1. The van der Waals surface area contributed by atoms with E-state index < -0.39 is 0 Å². The van der Waals surface area contributed by atoms with E-state index in [9.17, 15) is 9.18 Å². The molecule has 0 unspecified atom stereocenters. The highest BCUT2D eigenvalue weighted by atomic mass is 19.1. The minimum Gasteiger partial charge on any atom is -0.489 e. The molecule has 0 bridgehead atoms. The largest absolute Gasteiger partial charge is 0.489 e. The Balaban J connectivity index is 1.62. The molecule has 6 heteroatoms. The van der Waals surface area contributed by atoms with Gasteiger partial charge in [0.15, 0.2) is 0 Å². The molecule has 168 valence electrons. The first kappa shape index (κ1) is 22.9.